The van der Waals surface area contributed by atoms with E-state index >= 15 is 0 Å². The van der Waals surface area contributed by atoms with Gasteiger partial charge in [0.1, 0.15) is 18.5 Å². The van der Waals surface area contributed by atoms with Crippen LogP contribution in [-0.4, -0.2) is 100 Å². The molecule has 13 heteroatoms. The van der Waals surface area contributed by atoms with Gasteiger partial charge in [0.25, 0.3) is 5.91 Å². The van der Waals surface area contributed by atoms with Gasteiger partial charge in [0.2, 0.25) is 0 Å². The number of ether oxygens (including phenoxy) is 4. The Balaban J connectivity index is 1.48. The molecular weight excluding hydrogens is 495 g/mol. The fourth-order valence-electron chi connectivity index (χ4n) is 3.77. The number of piperazine rings is 1. The smallest absolute Gasteiger partial charge is 0.442 e. The Morgan fingerprint density at radius 1 is 1.19 bits per heavy atom. The molecule has 0 radical (unpaired) electrons. The van der Waals surface area contributed by atoms with E-state index in [0.717, 1.165) is 0 Å². The van der Waals surface area contributed by atoms with E-state index in [0.29, 0.717) is 62.1 Å². The number of rotatable bonds is 10. The van der Waals surface area contributed by atoms with Crippen LogP contribution in [0.25, 0.3) is 0 Å². The first kappa shape index (κ1) is 27.4. The minimum Gasteiger partial charge on any atom is -0.442 e. The summed E-state index contributed by atoms with van der Waals surface area (Å²) in [5.41, 5.74) is 0.785. The van der Waals surface area contributed by atoms with Crippen molar-refractivity contribution in [3.8, 4) is 0 Å². The summed E-state index contributed by atoms with van der Waals surface area (Å²) in [5.74, 6) is -0.832. The molecule has 2 heterocycles. The first-order chi connectivity index (χ1) is 17.3. The van der Waals surface area contributed by atoms with E-state index in [-0.39, 0.29) is 25.2 Å². The fourth-order valence-corrected chi connectivity index (χ4v) is 3.85. The van der Waals surface area contributed by atoms with Crippen molar-refractivity contribution < 1.29 is 37.7 Å². The highest BCUT2D eigenvalue weighted by molar-refractivity contribution is 7.80. The lowest BCUT2D eigenvalue weighted by molar-refractivity contribution is -0.135. The molecule has 0 aliphatic carbocycles. The number of methoxy groups -OCH3 is 1. The number of amides is 2. The summed E-state index contributed by atoms with van der Waals surface area (Å²) in [4.78, 5) is 41.5. The zero-order valence-electron chi connectivity index (χ0n) is 20.4. The number of carbonyl (C=O) groups is 3. The van der Waals surface area contributed by atoms with Crippen molar-refractivity contribution in [1.29, 1.82) is 0 Å². The lowest BCUT2D eigenvalue weighted by atomic mass is 10.2. The second-order valence-corrected chi connectivity index (χ2v) is 8.65. The van der Waals surface area contributed by atoms with Gasteiger partial charge in [0.05, 0.1) is 36.1 Å². The summed E-state index contributed by atoms with van der Waals surface area (Å²) in [6.07, 6.45) is -1.15. The van der Waals surface area contributed by atoms with Crippen LogP contribution in [0.15, 0.2) is 18.2 Å². The lowest BCUT2D eigenvalue weighted by Gasteiger charge is -2.36. The Hall–Kier alpha value is -3.19. The monoisotopic (exact) mass is 526 g/mol. The van der Waals surface area contributed by atoms with Gasteiger partial charge in [-0.25, -0.2) is 14.0 Å². The van der Waals surface area contributed by atoms with Crippen molar-refractivity contribution in [3.63, 3.8) is 0 Å². The molecule has 0 spiro atoms. The van der Waals surface area contributed by atoms with Gasteiger partial charge in [-0.05, 0) is 24.6 Å². The Bertz CT molecular complexity index is 958. The summed E-state index contributed by atoms with van der Waals surface area (Å²) in [7, 11) is 1.47. The minimum absolute atomic E-state index is 0.0386. The van der Waals surface area contributed by atoms with Gasteiger partial charge in [0, 0.05) is 33.3 Å². The molecule has 1 atom stereocenters. The summed E-state index contributed by atoms with van der Waals surface area (Å²) >= 11 is 5.13. The number of nitrogens with zero attached hydrogens (tertiary/aromatic N) is 3. The van der Waals surface area contributed by atoms with Crippen molar-refractivity contribution >= 4 is 46.7 Å². The lowest BCUT2D eigenvalue weighted by Crippen LogP contribution is -2.50. The molecule has 1 aromatic rings. The van der Waals surface area contributed by atoms with Crippen LogP contribution in [0.3, 0.4) is 0 Å². The van der Waals surface area contributed by atoms with Crippen LogP contribution in [0.1, 0.15) is 13.3 Å². The highest BCUT2D eigenvalue weighted by Gasteiger charge is 2.33. The number of cyclic esters (lactones) is 1. The summed E-state index contributed by atoms with van der Waals surface area (Å²) in [6, 6.07) is 4.60. The Labute approximate surface area is 214 Å². The average Bonchev–Trinajstić information content (AvgIpc) is 3.26. The molecule has 0 aromatic heterocycles. The molecule has 2 aliphatic heterocycles. The molecule has 0 unspecified atom stereocenters. The van der Waals surface area contributed by atoms with Gasteiger partial charge in [-0.3, -0.25) is 9.69 Å². The van der Waals surface area contributed by atoms with Crippen LogP contribution >= 0.6 is 12.2 Å². The topological polar surface area (TPSA) is 110 Å². The number of benzene rings is 1. The van der Waals surface area contributed by atoms with E-state index in [4.69, 9.17) is 31.2 Å². The average molecular weight is 527 g/mol. The van der Waals surface area contributed by atoms with Gasteiger partial charge in [-0.1, -0.05) is 19.1 Å². The largest absolute Gasteiger partial charge is 0.508 e. The third-order valence-corrected chi connectivity index (χ3v) is 6.19. The summed E-state index contributed by atoms with van der Waals surface area (Å²) < 4.78 is 34.7. The molecule has 2 fully saturated rings. The second-order valence-electron chi connectivity index (χ2n) is 8.16. The van der Waals surface area contributed by atoms with Gasteiger partial charge < -0.3 is 34.1 Å². The molecule has 198 valence electrons. The Morgan fingerprint density at radius 3 is 2.61 bits per heavy atom. The zero-order valence-corrected chi connectivity index (χ0v) is 21.2. The maximum Gasteiger partial charge on any atom is 0.508 e. The summed E-state index contributed by atoms with van der Waals surface area (Å²) in [6.45, 7) is 3.95. The number of halogens is 1. The quantitative estimate of drug-likeness (QED) is 0.276. The van der Waals surface area contributed by atoms with Gasteiger partial charge in [-0.2, -0.15) is 0 Å². The van der Waals surface area contributed by atoms with E-state index in [1.807, 2.05) is 11.8 Å². The van der Waals surface area contributed by atoms with E-state index < -0.39 is 24.7 Å². The van der Waals surface area contributed by atoms with Gasteiger partial charge in [0.15, 0.2) is 6.61 Å². The molecule has 2 aliphatic rings. The highest BCUT2D eigenvalue weighted by atomic mass is 32.1. The predicted molar refractivity (Wildman–Crippen MR) is 133 cm³/mol. The first-order valence-corrected chi connectivity index (χ1v) is 12.1. The number of carbonyl (C=O) groups excluding carboxylic acids is 3. The maximum atomic E-state index is 15.0. The van der Waals surface area contributed by atoms with E-state index in [1.54, 1.807) is 17.0 Å². The third-order valence-electron chi connectivity index (χ3n) is 5.76. The normalized spacial score (nSPS) is 17.6. The molecule has 2 saturated heterocycles. The molecular formula is C23H31FN4O7S. The standard InChI is InChI=1S/C23H31FN4O7S/c1-3-20(36)25-13-17-14-28(22(30)35-17)16-4-5-19(18(24)12-16)26-6-8-27(9-7-26)21(29)15-34-23(31)33-11-10-32-2/h4-5,12,17H,3,6-11,13-15H2,1-2H3,(H,25,36)/t17-/m0/s1. The molecule has 1 N–H and O–H groups in total. The molecule has 0 saturated carbocycles. The number of nitrogens with one attached hydrogen (secondary N) is 1. The Kier molecular flexibility index (Phi) is 10.1. The fraction of sp³-hybridized carbons (Fsp3) is 0.565. The van der Waals surface area contributed by atoms with E-state index in [1.165, 1.54) is 18.1 Å². The van der Waals surface area contributed by atoms with Crippen molar-refractivity contribution in [1.82, 2.24) is 10.2 Å². The number of hydrogen-bond acceptors (Lipinski definition) is 9. The van der Waals surface area contributed by atoms with Crippen LogP contribution in [0.4, 0.5) is 25.4 Å². The van der Waals surface area contributed by atoms with Crippen LogP contribution in [0.2, 0.25) is 0 Å². The zero-order chi connectivity index (χ0) is 26.1. The SMILES string of the molecule is CCC(=S)NC[C@H]1CN(c2ccc(N3CCN(C(=O)COC(=O)OCCOC)CC3)c(F)c2)C(=O)O1. The van der Waals surface area contributed by atoms with Gasteiger partial charge in [-0.15, -0.1) is 0 Å². The molecule has 3 rings (SSSR count). The van der Waals surface area contributed by atoms with Crippen LogP contribution in [0.5, 0.6) is 0 Å². The second kappa shape index (κ2) is 13.2. The predicted octanol–water partition coefficient (Wildman–Crippen LogP) is 1.93. The van der Waals surface area contributed by atoms with Crippen LogP contribution < -0.4 is 15.1 Å². The Morgan fingerprint density at radius 2 is 1.94 bits per heavy atom. The van der Waals surface area contributed by atoms with Crippen molar-refractivity contribution in [2.24, 2.45) is 0 Å². The molecule has 36 heavy (non-hydrogen) atoms. The van der Waals surface area contributed by atoms with Crippen molar-refractivity contribution in [2.75, 3.05) is 76.0 Å². The maximum absolute atomic E-state index is 15.0. The number of hydrogen-bond donors (Lipinski definition) is 1. The molecule has 11 nitrogen and oxygen atoms in total. The van der Waals surface area contributed by atoms with Crippen LogP contribution in [0, 0.1) is 5.82 Å². The molecule has 1 aromatic carbocycles. The number of anilines is 2. The third kappa shape index (κ3) is 7.40. The van der Waals surface area contributed by atoms with Crippen LogP contribution in [-0.2, 0) is 23.7 Å². The molecule has 0 bridgehead atoms. The number of thiocarbonyl (C=S) groups is 1. The molecule has 2 amide bonds. The van der Waals surface area contributed by atoms with E-state index in [2.05, 4.69) is 5.32 Å². The minimum atomic E-state index is -0.935. The van der Waals surface area contributed by atoms with Crippen molar-refractivity contribution in [2.45, 2.75) is 19.4 Å². The van der Waals surface area contributed by atoms with Gasteiger partial charge >= 0.3 is 12.2 Å². The van der Waals surface area contributed by atoms with E-state index in [9.17, 15) is 18.8 Å². The summed E-state index contributed by atoms with van der Waals surface area (Å²) in [5, 5.41) is 3.05. The highest BCUT2D eigenvalue weighted by Crippen LogP contribution is 2.28. The first-order valence-electron chi connectivity index (χ1n) is 11.7. The van der Waals surface area contributed by atoms with Crippen molar-refractivity contribution in [3.05, 3.63) is 24.0 Å².